The minimum absolute atomic E-state index is 0.00280. The third kappa shape index (κ3) is 5.97. The molecule has 23 heavy (non-hydrogen) atoms. The minimum atomic E-state index is 0.00280. The zero-order valence-corrected chi connectivity index (χ0v) is 13.9. The van der Waals surface area contributed by atoms with Crippen LogP contribution in [0.1, 0.15) is 42.3 Å². The van der Waals surface area contributed by atoms with Gasteiger partial charge in [-0.05, 0) is 19.4 Å². The molecule has 1 N–H and O–H groups in total. The van der Waals surface area contributed by atoms with Crippen LogP contribution >= 0.6 is 0 Å². The van der Waals surface area contributed by atoms with Gasteiger partial charge in [0.05, 0.1) is 12.2 Å². The second-order valence-corrected chi connectivity index (χ2v) is 5.83. The largest absolute Gasteiger partial charge is 0.370 e. The number of hydrogen-bond donors (Lipinski definition) is 1. The van der Waals surface area contributed by atoms with Crippen LogP contribution in [0.4, 0.5) is 0 Å². The van der Waals surface area contributed by atoms with E-state index in [1.165, 1.54) is 0 Å². The molecule has 2 aromatic rings. The van der Waals surface area contributed by atoms with Crippen LogP contribution in [0, 0.1) is 0 Å². The van der Waals surface area contributed by atoms with E-state index in [4.69, 9.17) is 4.74 Å². The molecule has 0 saturated carbocycles. The van der Waals surface area contributed by atoms with Crippen molar-refractivity contribution in [1.29, 1.82) is 0 Å². The highest BCUT2D eigenvalue weighted by Gasteiger charge is 2.13. The van der Waals surface area contributed by atoms with Crippen LogP contribution in [-0.4, -0.2) is 25.0 Å². The second kappa shape index (κ2) is 9.23. The smallest absolute Gasteiger partial charge is 0.164 e. The average Bonchev–Trinajstić information content (AvgIpc) is 2.58. The molecule has 1 atom stereocenters. The summed E-state index contributed by atoms with van der Waals surface area (Å²) in [5.74, 6) is 0.166. The number of nitrogens with one attached hydrogen (secondary N) is 1. The maximum atomic E-state index is 12.1. The Morgan fingerprint density at radius 1 is 1.00 bits per heavy atom. The van der Waals surface area contributed by atoms with Crippen LogP contribution in [0.3, 0.4) is 0 Å². The number of ether oxygens (including phenoxy) is 1. The Hall–Kier alpha value is -1.97. The third-order valence-corrected chi connectivity index (χ3v) is 3.56. The van der Waals surface area contributed by atoms with Gasteiger partial charge in [0.25, 0.3) is 0 Å². The van der Waals surface area contributed by atoms with Crippen molar-refractivity contribution in [2.45, 2.75) is 32.5 Å². The number of Topliss-reactive ketones (excluding diaryl/α,β-unsaturated/α-hetero) is 1. The standard InChI is InChI=1S/C20H25NO2/c1-16(2)23-20(18-11-7-4-8-12-18)15-21-14-13-19(22)17-9-5-3-6-10-17/h3-12,16,20-21H,13-15H2,1-2H3. The molecule has 2 aromatic carbocycles. The van der Waals surface area contributed by atoms with Crippen molar-refractivity contribution in [2.75, 3.05) is 13.1 Å². The maximum Gasteiger partial charge on any atom is 0.164 e. The number of benzene rings is 2. The van der Waals surface area contributed by atoms with E-state index < -0.39 is 0 Å². The van der Waals surface area contributed by atoms with Gasteiger partial charge in [-0.3, -0.25) is 4.79 Å². The molecule has 0 fully saturated rings. The molecule has 2 rings (SSSR count). The molecule has 0 aromatic heterocycles. The molecule has 3 nitrogen and oxygen atoms in total. The first-order chi connectivity index (χ1) is 11.2. The van der Waals surface area contributed by atoms with E-state index in [1.807, 2.05) is 62.4 Å². The fraction of sp³-hybridized carbons (Fsp3) is 0.350. The first-order valence-corrected chi connectivity index (χ1v) is 8.16. The molecular weight excluding hydrogens is 286 g/mol. The van der Waals surface area contributed by atoms with Crippen LogP contribution in [0.25, 0.3) is 0 Å². The van der Waals surface area contributed by atoms with Crippen molar-refractivity contribution in [3.63, 3.8) is 0 Å². The number of ketones is 1. The van der Waals surface area contributed by atoms with Crippen LogP contribution in [0.2, 0.25) is 0 Å². The molecular formula is C20H25NO2. The highest BCUT2D eigenvalue weighted by Crippen LogP contribution is 2.18. The minimum Gasteiger partial charge on any atom is -0.370 e. The van der Waals surface area contributed by atoms with Crippen molar-refractivity contribution in [3.8, 4) is 0 Å². The summed E-state index contributed by atoms with van der Waals surface area (Å²) in [4.78, 5) is 12.1. The van der Waals surface area contributed by atoms with Crippen molar-refractivity contribution in [1.82, 2.24) is 5.32 Å². The van der Waals surface area contributed by atoms with Gasteiger partial charge in [0.2, 0.25) is 0 Å². The van der Waals surface area contributed by atoms with E-state index >= 15 is 0 Å². The predicted octanol–water partition coefficient (Wildman–Crippen LogP) is 4.02. The topological polar surface area (TPSA) is 38.3 Å². The lowest BCUT2D eigenvalue weighted by Crippen LogP contribution is -2.27. The first kappa shape index (κ1) is 17.4. The van der Waals surface area contributed by atoms with Crippen molar-refractivity contribution >= 4 is 5.78 Å². The third-order valence-electron chi connectivity index (χ3n) is 3.56. The van der Waals surface area contributed by atoms with E-state index in [2.05, 4.69) is 17.4 Å². The van der Waals surface area contributed by atoms with Crippen molar-refractivity contribution in [2.24, 2.45) is 0 Å². The number of hydrogen-bond acceptors (Lipinski definition) is 3. The van der Waals surface area contributed by atoms with Gasteiger partial charge in [0, 0.05) is 25.1 Å². The lowest BCUT2D eigenvalue weighted by atomic mass is 10.1. The highest BCUT2D eigenvalue weighted by molar-refractivity contribution is 5.96. The zero-order valence-electron chi connectivity index (χ0n) is 13.9. The fourth-order valence-electron chi connectivity index (χ4n) is 2.44. The highest BCUT2D eigenvalue weighted by atomic mass is 16.5. The van der Waals surface area contributed by atoms with Gasteiger partial charge in [-0.1, -0.05) is 60.7 Å². The van der Waals surface area contributed by atoms with Gasteiger partial charge < -0.3 is 10.1 Å². The SMILES string of the molecule is CC(C)OC(CNCCC(=O)c1ccccc1)c1ccccc1. The Bertz CT molecular complexity index is 581. The Kier molecular flexibility index (Phi) is 6.98. The van der Waals surface area contributed by atoms with E-state index in [-0.39, 0.29) is 18.0 Å². The molecule has 0 radical (unpaired) electrons. The molecule has 0 aliphatic carbocycles. The summed E-state index contributed by atoms with van der Waals surface area (Å²) in [6, 6.07) is 19.6. The summed E-state index contributed by atoms with van der Waals surface area (Å²) in [5, 5.41) is 3.34. The van der Waals surface area contributed by atoms with Gasteiger partial charge in [-0.25, -0.2) is 0 Å². The number of carbonyl (C=O) groups excluding carboxylic acids is 1. The number of rotatable bonds is 9. The van der Waals surface area contributed by atoms with Crippen molar-refractivity contribution < 1.29 is 9.53 Å². The van der Waals surface area contributed by atoms with Crippen LogP contribution in [-0.2, 0) is 4.74 Å². The second-order valence-electron chi connectivity index (χ2n) is 5.83. The predicted molar refractivity (Wildman–Crippen MR) is 93.7 cm³/mol. The maximum absolute atomic E-state index is 12.1. The first-order valence-electron chi connectivity index (χ1n) is 8.16. The molecule has 0 aliphatic rings. The molecule has 0 aliphatic heterocycles. The normalized spacial score (nSPS) is 12.3. The van der Waals surface area contributed by atoms with E-state index in [0.29, 0.717) is 19.5 Å². The Balaban J connectivity index is 1.81. The van der Waals surface area contributed by atoms with Gasteiger partial charge in [0.1, 0.15) is 0 Å². The fourth-order valence-corrected chi connectivity index (χ4v) is 2.44. The lowest BCUT2D eigenvalue weighted by molar-refractivity contribution is 0.00719. The van der Waals surface area contributed by atoms with E-state index in [9.17, 15) is 4.79 Å². The zero-order chi connectivity index (χ0) is 16.5. The molecule has 0 heterocycles. The Morgan fingerprint density at radius 2 is 1.61 bits per heavy atom. The van der Waals surface area contributed by atoms with E-state index in [1.54, 1.807) is 0 Å². The van der Waals surface area contributed by atoms with Crippen LogP contribution in [0.15, 0.2) is 60.7 Å². The van der Waals surface area contributed by atoms with Gasteiger partial charge in [0.15, 0.2) is 5.78 Å². The Labute approximate surface area is 138 Å². The Morgan fingerprint density at radius 3 is 2.22 bits per heavy atom. The van der Waals surface area contributed by atoms with Gasteiger partial charge in [-0.2, -0.15) is 0 Å². The summed E-state index contributed by atoms with van der Waals surface area (Å²) in [6.45, 7) is 5.42. The molecule has 0 spiro atoms. The quantitative estimate of drug-likeness (QED) is 0.561. The molecule has 1 unspecified atom stereocenters. The molecule has 0 saturated heterocycles. The molecule has 0 amide bonds. The summed E-state index contributed by atoms with van der Waals surface area (Å²) in [6.07, 6.45) is 0.656. The summed E-state index contributed by atoms with van der Waals surface area (Å²) < 4.78 is 5.98. The van der Waals surface area contributed by atoms with Gasteiger partial charge in [-0.15, -0.1) is 0 Å². The average molecular weight is 311 g/mol. The lowest BCUT2D eigenvalue weighted by Gasteiger charge is -2.21. The van der Waals surface area contributed by atoms with Crippen LogP contribution < -0.4 is 5.32 Å². The molecule has 122 valence electrons. The van der Waals surface area contributed by atoms with Crippen molar-refractivity contribution in [3.05, 3.63) is 71.8 Å². The van der Waals surface area contributed by atoms with Gasteiger partial charge >= 0.3 is 0 Å². The summed E-state index contributed by atoms with van der Waals surface area (Å²) in [5.41, 5.74) is 1.93. The summed E-state index contributed by atoms with van der Waals surface area (Å²) in [7, 11) is 0. The number of carbonyl (C=O) groups is 1. The summed E-state index contributed by atoms with van der Waals surface area (Å²) >= 11 is 0. The monoisotopic (exact) mass is 311 g/mol. The van der Waals surface area contributed by atoms with E-state index in [0.717, 1.165) is 11.1 Å². The molecule has 3 heteroatoms. The molecule has 0 bridgehead atoms. The van der Waals surface area contributed by atoms with Crippen LogP contribution in [0.5, 0.6) is 0 Å².